The van der Waals surface area contributed by atoms with Gasteiger partial charge in [-0.3, -0.25) is 14.5 Å². The van der Waals surface area contributed by atoms with Crippen LogP contribution in [0.2, 0.25) is 0 Å². The molecule has 0 unspecified atom stereocenters. The Labute approximate surface area is 228 Å². The lowest BCUT2D eigenvalue weighted by Gasteiger charge is -2.26. The molecule has 0 atom stereocenters. The van der Waals surface area contributed by atoms with Crippen LogP contribution in [0.15, 0.2) is 60.7 Å². The van der Waals surface area contributed by atoms with Crippen molar-refractivity contribution in [2.45, 2.75) is 25.5 Å². The van der Waals surface area contributed by atoms with Crippen molar-refractivity contribution >= 4 is 63.1 Å². The molecule has 1 aliphatic heterocycles. The highest BCUT2D eigenvalue weighted by Gasteiger charge is 2.26. The number of ether oxygens (including phenoxy) is 1. The van der Waals surface area contributed by atoms with Crippen LogP contribution in [0.1, 0.15) is 24.0 Å². The summed E-state index contributed by atoms with van der Waals surface area (Å²) < 4.78 is 33.1. The number of sulfonamides is 1. The number of amidine groups is 1. The maximum absolute atomic E-state index is 13.0. The van der Waals surface area contributed by atoms with E-state index in [1.807, 2.05) is 18.2 Å². The standard InChI is InChI=1S/C25H28N4O5S.2ClH/c26-25(27)19-4-3-18-2-1-17(13-20(18)14-19)15-29(35(32,33)16-24(30)31)21-5-7-22(8-6-21)34-23-9-11-28-12-10-23;;/h1-8,13-14,23,28H,9-12,15-16H2,(H3,26,27)(H,30,31);2*1H. The molecule has 3 aromatic carbocycles. The van der Waals surface area contributed by atoms with E-state index >= 15 is 0 Å². The Morgan fingerprint density at radius 1 is 1.03 bits per heavy atom. The van der Waals surface area contributed by atoms with E-state index in [1.165, 1.54) is 0 Å². The number of aliphatic carboxylic acids is 1. The summed E-state index contributed by atoms with van der Waals surface area (Å²) in [4.78, 5) is 11.3. The number of carboxylic acid groups (broad SMARTS) is 1. The molecule has 5 N–H and O–H groups in total. The topological polar surface area (TPSA) is 146 Å². The molecule has 200 valence electrons. The average molecular weight is 570 g/mol. The zero-order chi connectivity index (χ0) is 25.0. The Morgan fingerprint density at radius 3 is 2.30 bits per heavy atom. The molecule has 0 aromatic heterocycles. The van der Waals surface area contributed by atoms with Gasteiger partial charge in [0.1, 0.15) is 17.7 Å². The SMILES string of the molecule is Cl.Cl.N=C(N)c1ccc2ccc(CN(c3ccc(OC4CCNCC4)cc3)S(=O)(=O)CC(=O)O)cc2c1. The van der Waals surface area contributed by atoms with Crippen molar-refractivity contribution in [3.05, 3.63) is 71.8 Å². The zero-order valence-electron chi connectivity index (χ0n) is 19.9. The van der Waals surface area contributed by atoms with E-state index in [4.69, 9.17) is 15.9 Å². The smallest absolute Gasteiger partial charge is 0.320 e. The molecule has 0 aliphatic carbocycles. The fraction of sp³-hybridized carbons (Fsp3) is 0.280. The number of halogens is 2. The maximum atomic E-state index is 13.0. The lowest BCUT2D eigenvalue weighted by molar-refractivity contribution is -0.134. The third-order valence-corrected chi connectivity index (χ3v) is 7.52. The fourth-order valence-electron chi connectivity index (χ4n) is 4.11. The molecule has 12 heteroatoms. The number of piperidine rings is 1. The number of rotatable bonds is 9. The maximum Gasteiger partial charge on any atom is 0.320 e. The van der Waals surface area contributed by atoms with E-state index in [9.17, 15) is 18.3 Å². The Hall–Kier alpha value is -3.05. The zero-order valence-corrected chi connectivity index (χ0v) is 22.4. The van der Waals surface area contributed by atoms with Crippen LogP contribution in [0.25, 0.3) is 10.8 Å². The van der Waals surface area contributed by atoms with Gasteiger partial charge in [0.15, 0.2) is 5.75 Å². The van der Waals surface area contributed by atoms with Crippen molar-refractivity contribution in [1.82, 2.24) is 5.32 Å². The first-order valence-electron chi connectivity index (χ1n) is 11.3. The Bertz CT molecular complexity index is 1350. The molecule has 37 heavy (non-hydrogen) atoms. The number of benzene rings is 3. The molecule has 0 saturated carbocycles. The predicted octanol–water partition coefficient (Wildman–Crippen LogP) is 3.52. The minimum absolute atomic E-state index is 0. The van der Waals surface area contributed by atoms with Gasteiger partial charge in [0.25, 0.3) is 0 Å². The minimum Gasteiger partial charge on any atom is -0.490 e. The molecular formula is C25H30Cl2N4O5S. The molecule has 0 bridgehead atoms. The molecule has 0 spiro atoms. The summed E-state index contributed by atoms with van der Waals surface area (Å²) in [5.74, 6) is -1.87. The van der Waals surface area contributed by atoms with Crippen LogP contribution < -0.4 is 20.1 Å². The van der Waals surface area contributed by atoms with Crippen molar-refractivity contribution in [2.75, 3.05) is 23.1 Å². The normalized spacial score (nSPS) is 13.7. The number of nitrogen functional groups attached to an aromatic ring is 1. The van der Waals surface area contributed by atoms with Gasteiger partial charge in [-0.2, -0.15) is 0 Å². The van der Waals surface area contributed by atoms with Gasteiger partial charge in [-0.25, -0.2) is 8.42 Å². The second-order valence-electron chi connectivity index (χ2n) is 8.53. The number of hydrogen-bond donors (Lipinski definition) is 4. The summed E-state index contributed by atoms with van der Waals surface area (Å²) in [6, 6.07) is 17.5. The molecule has 4 rings (SSSR count). The van der Waals surface area contributed by atoms with Crippen molar-refractivity contribution in [2.24, 2.45) is 5.73 Å². The van der Waals surface area contributed by atoms with E-state index in [-0.39, 0.29) is 43.3 Å². The minimum atomic E-state index is -4.16. The first-order chi connectivity index (χ1) is 16.7. The van der Waals surface area contributed by atoms with Crippen LogP contribution in [0, 0.1) is 5.41 Å². The molecule has 3 aromatic rings. The monoisotopic (exact) mass is 568 g/mol. The van der Waals surface area contributed by atoms with E-state index in [0.717, 1.165) is 41.0 Å². The highest BCUT2D eigenvalue weighted by atomic mass is 35.5. The van der Waals surface area contributed by atoms with Crippen LogP contribution in [-0.4, -0.2) is 50.3 Å². The largest absolute Gasteiger partial charge is 0.490 e. The van der Waals surface area contributed by atoms with Crippen molar-refractivity contribution < 1.29 is 23.1 Å². The van der Waals surface area contributed by atoms with Crippen LogP contribution >= 0.6 is 24.8 Å². The number of carbonyl (C=O) groups is 1. The number of anilines is 1. The van der Waals surface area contributed by atoms with Crippen LogP contribution in [0.4, 0.5) is 5.69 Å². The second kappa shape index (κ2) is 13.0. The first kappa shape index (κ1) is 30.2. The highest BCUT2D eigenvalue weighted by molar-refractivity contribution is 7.93. The van der Waals surface area contributed by atoms with E-state index in [1.54, 1.807) is 42.5 Å². The summed E-state index contributed by atoms with van der Waals surface area (Å²) in [7, 11) is -4.16. The van der Waals surface area contributed by atoms with Crippen LogP contribution in [0.3, 0.4) is 0 Å². The number of nitrogens with zero attached hydrogens (tertiary/aromatic N) is 1. The Kier molecular flexibility index (Phi) is 10.6. The van der Waals surface area contributed by atoms with Crippen molar-refractivity contribution in [3.63, 3.8) is 0 Å². The molecular weight excluding hydrogens is 539 g/mol. The van der Waals surface area contributed by atoms with E-state index in [2.05, 4.69) is 5.32 Å². The van der Waals surface area contributed by atoms with Gasteiger partial charge < -0.3 is 20.9 Å². The highest BCUT2D eigenvalue weighted by Crippen LogP contribution is 2.27. The summed E-state index contributed by atoms with van der Waals surface area (Å²) in [6.45, 7) is 1.73. The second-order valence-corrected chi connectivity index (χ2v) is 10.4. The van der Waals surface area contributed by atoms with Crippen LogP contribution in [0.5, 0.6) is 5.75 Å². The lowest BCUT2D eigenvalue weighted by atomic mass is 10.0. The molecule has 1 aliphatic rings. The summed E-state index contributed by atoms with van der Waals surface area (Å²) in [6.07, 6.45) is 1.90. The third-order valence-electron chi connectivity index (χ3n) is 5.90. The average Bonchev–Trinajstić information content (AvgIpc) is 2.82. The van der Waals surface area contributed by atoms with E-state index in [0.29, 0.717) is 22.6 Å². The summed E-state index contributed by atoms with van der Waals surface area (Å²) in [5.41, 5.74) is 7.18. The van der Waals surface area contributed by atoms with Gasteiger partial charge in [-0.15, -0.1) is 24.8 Å². The van der Waals surface area contributed by atoms with Gasteiger partial charge in [-0.05, 0) is 78.7 Å². The summed E-state index contributed by atoms with van der Waals surface area (Å²) in [5, 5.41) is 21.9. The van der Waals surface area contributed by atoms with E-state index < -0.39 is 21.7 Å². The Balaban J connectivity index is 0.00000241. The van der Waals surface area contributed by atoms with Gasteiger partial charge in [0.05, 0.1) is 12.2 Å². The van der Waals surface area contributed by atoms with Gasteiger partial charge >= 0.3 is 5.97 Å². The first-order valence-corrected chi connectivity index (χ1v) is 12.9. The van der Waals surface area contributed by atoms with Gasteiger partial charge in [-0.1, -0.05) is 24.3 Å². The Morgan fingerprint density at radius 2 is 1.68 bits per heavy atom. The molecule has 1 saturated heterocycles. The third kappa shape index (κ3) is 7.72. The van der Waals surface area contributed by atoms with Crippen molar-refractivity contribution in [1.29, 1.82) is 5.41 Å². The molecule has 0 amide bonds. The molecule has 0 radical (unpaired) electrons. The number of nitrogens with two attached hydrogens (primary N) is 1. The van der Waals surface area contributed by atoms with Gasteiger partial charge in [0, 0.05) is 5.56 Å². The van der Waals surface area contributed by atoms with Crippen LogP contribution in [-0.2, 0) is 21.4 Å². The fourth-order valence-corrected chi connectivity index (χ4v) is 5.37. The number of fused-ring (bicyclic) bond motifs is 1. The van der Waals surface area contributed by atoms with Crippen molar-refractivity contribution in [3.8, 4) is 5.75 Å². The molecule has 1 heterocycles. The number of hydrogen-bond acceptors (Lipinski definition) is 6. The molecule has 1 fully saturated rings. The molecule has 9 nitrogen and oxygen atoms in total. The number of carboxylic acids is 1. The summed E-state index contributed by atoms with van der Waals surface area (Å²) >= 11 is 0. The quantitative estimate of drug-likeness (QED) is 0.228. The number of nitrogens with one attached hydrogen (secondary N) is 2. The van der Waals surface area contributed by atoms with Gasteiger partial charge in [0.2, 0.25) is 10.0 Å². The lowest BCUT2D eigenvalue weighted by Crippen LogP contribution is -2.35. The predicted molar refractivity (Wildman–Crippen MR) is 150 cm³/mol.